The Bertz CT molecular complexity index is 643. The van der Waals surface area contributed by atoms with Gasteiger partial charge in [-0.15, -0.1) is 0 Å². The summed E-state index contributed by atoms with van der Waals surface area (Å²) in [6, 6.07) is 9.33. The van der Waals surface area contributed by atoms with Crippen molar-refractivity contribution in [1.29, 1.82) is 0 Å². The van der Waals surface area contributed by atoms with Crippen LogP contribution in [0.25, 0.3) is 0 Å². The predicted molar refractivity (Wildman–Crippen MR) is 77.6 cm³/mol. The third-order valence-corrected chi connectivity index (χ3v) is 3.29. The minimum Gasteiger partial charge on any atom is -0.478 e. The minimum absolute atomic E-state index is 0.00325. The predicted octanol–water partition coefficient (Wildman–Crippen LogP) is 2.82. The van der Waals surface area contributed by atoms with E-state index in [0.717, 1.165) is 11.8 Å². The Morgan fingerprint density at radius 1 is 1.29 bits per heavy atom. The summed E-state index contributed by atoms with van der Waals surface area (Å²) in [5.41, 5.74) is 2.28. The average molecular weight is 287 g/mol. The second-order valence-electron chi connectivity index (χ2n) is 5.03. The fourth-order valence-electron chi connectivity index (χ4n) is 1.91. The first-order valence-corrected chi connectivity index (χ1v) is 6.64. The lowest BCUT2D eigenvalue weighted by Crippen LogP contribution is -2.27. The van der Waals surface area contributed by atoms with Gasteiger partial charge in [-0.2, -0.15) is 0 Å². The fraction of sp³-hybridized carbons (Fsp3) is 0.250. The normalized spacial score (nSPS) is 11.9. The zero-order valence-electron chi connectivity index (χ0n) is 11.9. The van der Waals surface area contributed by atoms with Gasteiger partial charge in [0.2, 0.25) is 0 Å². The van der Waals surface area contributed by atoms with Crippen LogP contribution in [0.15, 0.2) is 41.0 Å². The molecular formula is C16H17NO4. The van der Waals surface area contributed by atoms with Crippen molar-refractivity contribution < 1.29 is 19.1 Å². The lowest BCUT2D eigenvalue weighted by Gasteiger charge is -2.12. The maximum atomic E-state index is 11.9. The fourth-order valence-corrected chi connectivity index (χ4v) is 1.91. The van der Waals surface area contributed by atoms with Crippen molar-refractivity contribution in [2.45, 2.75) is 19.8 Å². The molecule has 5 heteroatoms. The van der Waals surface area contributed by atoms with Crippen LogP contribution in [0.1, 0.15) is 44.9 Å². The van der Waals surface area contributed by atoms with Crippen LogP contribution in [0, 0.1) is 6.92 Å². The molecule has 1 unspecified atom stereocenters. The third-order valence-electron chi connectivity index (χ3n) is 3.29. The maximum Gasteiger partial charge on any atom is 0.338 e. The van der Waals surface area contributed by atoms with Gasteiger partial charge in [-0.25, -0.2) is 4.79 Å². The zero-order valence-corrected chi connectivity index (χ0v) is 11.9. The smallest absolute Gasteiger partial charge is 0.338 e. The number of carbonyl (C=O) groups is 2. The van der Waals surface area contributed by atoms with Crippen LogP contribution >= 0.6 is 0 Å². The second kappa shape index (κ2) is 6.26. The van der Waals surface area contributed by atoms with Crippen molar-refractivity contribution in [1.82, 2.24) is 5.32 Å². The molecule has 110 valence electrons. The molecule has 0 spiro atoms. The Morgan fingerprint density at radius 2 is 1.95 bits per heavy atom. The Kier molecular flexibility index (Phi) is 4.42. The molecule has 0 bridgehead atoms. The molecule has 0 saturated carbocycles. The molecule has 0 aliphatic carbocycles. The van der Waals surface area contributed by atoms with E-state index in [4.69, 9.17) is 9.52 Å². The first-order valence-electron chi connectivity index (χ1n) is 6.64. The molecule has 21 heavy (non-hydrogen) atoms. The number of hydrogen-bond donors (Lipinski definition) is 2. The van der Waals surface area contributed by atoms with Crippen molar-refractivity contribution in [3.8, 4) is 0 Å². The molecule has 1 heterocycles. The molecule has 0 fully saturated rings. The molecule has 1 amide bonds. The zero-order chi connectivity index (χ0) is 15.4. The molecule has 2 N–H and O–H groups in total. The summed E-state index contributed by atoms with van der Waals surface area (Å²) in [5.74, 6) is -1.38. The van der Waals surface area contributed by atoms with Crippen LogP contribution in [0.2, 0.25) is 0 Å². The van der Waals surface area contributed by atoms with Gasteiger partial charge in [0.05, 0.1) is 5.56 Å². The third kappa shape index (κ3) is 3.72. The van der Waals surface area contributed by atoms with E-state index in [2.05, 4.69) is 5.32 Å². The lowest BCUT2D eigenvalue weighted by atomic mass is 10.00. The van der Waals surface area contributed by atoms with Crippen LogP contribution in [0.4, 0.5) is 0 Å². The highest BCUT2D eigenvalue weighted by Crippen LogP contribution is 2.15. The van der Waals surface area contributed by atoms with E-state index >= 15 is 0 Å². The van der Waals surface area contributed by atoms with Crippen LogP contribution in [0.5, 0.6) is 0 Å². The summed E-state index contributed by atoms with van der Waals surface area (Å²) in [4.78, 5) is 22.6. The first kappa shape index (κ1) is 14.8. The summed E-state index contributed by atoms with van der Waals surface area (Å²) in [7, 11) is 0. The molecule has 2 aromatic rings. The Morgan fingerprint density at radius 3 is 2.52 bits per heavy atom. The summed E-state index contributed by atoms with van der Waals surface area (Å²) in [5, 5.41) is 11.5. The molecule has 0 radical (unpaired) electrons. The number of furan rings is 1. The number of carboxylic acids is 1. The molecule has 0 saturated heterocycles. The van der Waals surface area contributed by atoms with E-state index in [1.54, 1.807) is 0 Å². The Labute approximate surface area is 122 Å². The topological polar surface area (TPSA) is 79.5 Å². The number of carboxylic acid groups (broad SMARTS) is 1. The second-order valence-corrected chi connectivity index (χ2v) is 5.03. The molecule has 0 aliphatic heterocycles. The largest absolute Gasteiger partial charge is 0.478 e. The summed E-state index contributed by atoms with van der Waals surface area (Å²) in [6.45, 7) is 4.48. The number of rotatable bonds is 5. The van der Waals surface area contributed by atoms with Crippen LogP contribution in [0.3, 0.4) is 0 Å². The summed E-state index contributed by atoms with van der Waals surface area (Å²) in [6.07, 6.45) is 1.06. The molecule has 0 aliphatic rings. The SMILES string of the molecule is Cc1ccc(C(C)CNC(=O)c2cc(C(=O)O)co2)cc1. The van der Waals surface area contributed by atoms with Gasteiger partial charge in [0, 0.05) is 12.6 Å². The summed E-state index contributed by atoms with van der Waals surface area (Å²) >= 11 is 0. The molecule has 1 aromatic heterocycles. The van der Waals surface area contributed by atoms with E-state index in [1.807, 2.05) is 38.1 Å². The molecule has 1 aromatic carbocycles. The van der Waals surface area contributed by atoms with Crippen LogP contribution in [-0.2, 0) is 0 Å². The van der Waals surface area contributed by atoms with Crippen molar-refractivity contribution >= 4 is 11.9 Å². The van der Waals surface area contributed by atoms with E-state index in [0.29, 0.717) is 6.54 Å². The summed E-state index contributed by atoms with van der Waals surface area (Å²) < 4.78 is 4.95. The van der Waals surface area contributed by atoms with Gasteiger partial charge >= 0.3 is 5.97 Å². The highest BCUT2D eigenvalue weighted by atomic mass is 16.4. The lowest BCUT2D eigenvalue weighted by molar-refractivity contribution is 0.0696. The van der Waals surface area contributed by atoms with E-state index < -0.39 is 11.9 Å². The van der Waals surface area contributed by atoms with Gasteiger partial charge in [0.25, 0.3) is 5.91 Å². The van der Waals surface area contributed by atoms with Crippen LogP contribution < -0.4 is 5.32 Å². The van der Waals surface area contributed by atoms with E-state index in [9.17, 15) is 9.59 Å². The number of carbonyl (C=O) groups excluding carboxylic acids is 1. The van der Waals surface area contributed by atoms with Crippen LogP contribution in [-0.4, -0.2) is 23.5 Å². The van der Waals surface area contributed by atoms with Crippen molar-refractivity contribution in [2.75, 3.05) is 6.54 Å². The van der Waals surface area contributed by atoms with Gasteiger partial charge in [0.15, 0.2) is 5.76 Å². The number of aromatic carboxylic acids is 1. The number of benzene rings is 1. The Balaban J connectivity index is 1.93. The Hall–Kier alpha value is -2.56. The standard InChI is InChI=1S/C16H17NO4/c1-10-3-5-12(6-4-10)11(2)8-17-15(18)14-7-13(9-21-14)16(19)20/h3-7,9,11H,8H2,1-2H3,(H,17,18)(H,19,20). The maximum absolute atomic E-state index is 11.9. The van der Waals surface area contributed by atoms with Gasteiger partial charge in [0.1, 0.15) is 6.26 Å². The van der Waals surface area contributed by atoms with Gasteiger partial charge < -0.3 is 14.8 Å². The van der Waals surface area contributed by atoms with E-state index in [-0.39, 0.29) is 17.2 Å². The number of hydrogen-bond acceptors (Lipinski definition) is 3. The molecular weight excluding hydrogens is 270 g/mol. The van der Waals surface area contributed by atoms with Gasteiger partial charge in [-0.3, -0.25) is 4.79 Å². The quantitative estimate of drug-likeness (QED) is 0.886. The van der Waals surface area contributed by atoms with Crippen molar-refractivity contribution in [2.24, 2.45) is 0 Å². The molecule has 2 rings (SSSR count). The van der Waals surface area contributed by atoms with Gasteiger partial charge in [-0.05, 0) is 18.4 Å². The average Bonchev–Trinajstić information content (AvgIpc) is 2.95. The van der Waals surface area contributed by atoms with E-state index in [1.165, 1.54) is 11.6 Å². The monoisotopic (exact) mass is 287 g/mol. The molecule has 1 atom stereocenters. The minimum atomic E-state index is -1.12. The van der Waals surface area contributed by atoms with Crippen molar-refractivity contribution in [3.05, 3.63) is 59.0 Å². The highest BCUT2D eigenvalue weighted by Gasteiger charge is 2.15. The number of aryl methyl sites for hydroxylation is 1. The number of nitrogens with one attached hydrogen (secondary N) is 1. The first-order chi connectivity index (χ1) is 9.97. The van der Waals surface area contributed by atoms with Crippen molar-refractivity contribution in [3.63, 3.8) is 0 Å². The van der Waals surface area contributed by atoms with Gasteiger partial charge in [-0.1, -0.05) is 36.8 Å². The number of amides is 1. The molecule has 5 nitrogen and oxygen atoms in total. The highest BCUT2D eigenvalue weighted by molar-refractivity contribution is 5.95.